The first kappa shape index (κ1) is 18.3. The number of nitrogens with two attached hydrogens (primary N) is 3. The van der Waals surface area contributed by atoms with Crippen LogP contribution >= 0.6 is 0 Å². The molecule has 1 aromatic heterocycles. The van der Waals surface area contributed by atoms with Gasteiger partial charge >= 0.3 is 0 Å². The third kappa shape index (κ3) is 4.09. The number of ether oxygens (including phenoxy) is 2. The van der Waals surface area contributed by atoms with Crippen LogP contribution in [0.1, 0.15) is 11.1 Å². The molecule has 7 N–H and O–H groups in total. The first-order valence-corrected chi connectivity index (χ1v) is 7.59. The van der Waals surface area contributed by atoms with E-state index in [9.17, 15) is 0 Å². The molecule has 0 spiro atoms. The minimum Gasteiger partial charge on any atom is -0.497 e. The van der Waals surface area contributed by atoms with Crippen LogP contribution in [0.5, 0.6) is 11.5 Å². The Kier molecular flexibility index (Phi) is 5.99. The summed E-state index contributed by atoms with van der Waals surface area (Å²) in [5, 5.41) is 8.59. The lowest BCUT2D eigenvalue weighted by Gasteiger charge is -2.10. The third-order valence-corrected chi connectivity index (χ3v) is 3.85. The lowest BCUT2D eigenvalue weighted by Crippen LogP contribution is -2.10. The van der Waals surface area contributed by atoms with Crippen molar-refractivity contribution in [2.75, 3.05) is 14.2 Å². The Morgan fingerprint density at radius 1 is 1.00 bits per heavy atom. The fraction of sp³-hybridized carbons (Fsp3) is 0.167. The van der Waals surface area contributed by atoms with Gasteiger partial charge in [-0.15, -0.1) is 0 Å². The molecule has 25 heavy (non-hydrogen) atoms. The maximum atomic E-state index is 7.53. The quantitative estimate of drug-likeness (QED) is 0.244. The van der Waals surface area contributed by atoms with Gasteiger partial charge < -0.3 is 19.8 Å². The summed E-state index contributed by atoms with van der Waals surface area (Å²) in [6.07, 6.45) is 2.03. The van der Waals surface area contributed by atoms with E-state index in [0.717, 1.165) is 33.5 Å². The number of rotatable bonds is 5. The van der Waals surface area contributed by atoms with E-state index >= 15 is 0 Å². The normalized spacial score (nSPS) is 10.1. The molecule has 0 atom stereocenters. The minimum atomic E-state index is 0.0807. The molecule has 0 unspecified atom stereocenters. The zero-order chi connectivity index (χ0) is 18.4. The smallest absolute Gasteiger partial charge is 0.122 e. The van der Waals surface area contributed by atoms with E-state index in [0.29, 0.717) is 6.54 Å². The summed E-state index contributed by atoms with van der Waals surface area (Å²) in [4.78, 5) is 0. The van der Waals surface area contributed by atoms with Crippen LogP contribution in [0.15, 0.2) is 48.7 Å². The Hall–Kier alpha value is -3.03. The van der Waals surface area contributed by atoms with Crippen molar-refractivity contribution < 1.29 is 9.47 Å². The lowest BCUT2D eigenvalue weighted by atomic mass is 10.1. The van der Waals surface area contributed by atoms with Gasteiger partial charge in [-0.1, -0.05) is 0 Å². The number of nitrogens with zero attached hydrogens (tertiary/aromatic N) is 1. The van der Waals surface area contributed by atoms with Crippen molar-refractivity contribution in [2.45, 2.75) is 6.54 Å². The minimum absolute atomic E-state index is 0.0807. The number of methoxy groups -OCH3 is 2. The second-order valence-corrected chi connectivity index (χ2v) is 5.35. The lowest BCUT2D eigenvalue weighted by molar-refractivity contribution is 0.393. The molecular formula is C18H23N5O2. The number of nitrogens with one attached hydrogen (secondary N) is 1. The molecule has 0 bridgehead atoms. The summed E-state index contributed by atoms with van der Waals surface area (Å²) in [6.45, 7) is 0.705. The highest BCUT2D eigenvalue weighted by molar-refractivity contribution is 5.98. The zero-order valence-corrected chi connectivity index (χ0v) is 14.3. The number of hydrogen-bond acceptors (Lipinski definition) is 5. The Labute approximate surface area is 146 Å². The van der Waals surface area contributed by atoms with Gasteiger partial charge in [0.15, 0.2) is 0 Å². The van der Waals surface area contributed by atoms with Crippen LogP contribution in [0.3, 0.4) is 0 Å². The summed E-state index contributed by atoms with van der Waals surface area (Å²) in [7, 11) is 3.29. The van der Waals surface area contributed by atoms with Crippen molar-refractivity contribution in [2.24, 2.45) is 17.4 Å². The molecule has 7 heteroatoms. The van der Waals surface area contributed by atoms with Crippen molar-refractivity contribution >= 4 is 16.7 Å². The van der Waals surface area contributed by atoms with Crippen LogP contribution in [0, 0.1) is 5.41 Å². The van der Waals surface area contributed by atoms with Crippen molar-refractivity contribution in [3.63, 3.8) is 0 Å². The van der Waals surface area contributed by atoms with Crippen LogP contribution in [0.4, 0.5) is 0 Å². The van der Waals surface area contributed by atoms with E-state index in [1.165, 1.54) is 0 Å². The fourth-order valence-electron chi connectivity index (χ4n) is 2.66. The molecule has 2 aromatic carbocycles. The molecule has 7 nitrogen and oxygen atoms in total. The highest BCUT2D eigenvalue weighted by Gasteiger charge is 2.07. The molecule has 0 aliphatic rings. The van der Waals surface area contributed by atoms with Crippen molar-refractivity contribution in [3.05, 3.63) is 59.8 Å². The van der Waals surface area contributed by atoms with E-state index in [1.807, 2.05) is 48.7 Å². The summed E-state index contributed by atoms with van der Waals surface area (Å²) >= 11 is 0. The standard InChI is InChI=1S/C18H19N3O2.H4N2/c1-22-15-7-12(8-16(10-15)23-2)11-21-6-5-13-9-14(18(19)20)3-4-17(13)21;1-2/h3-10H,11H2,1-2H3,(H3,19,20);1-2H2. The van der Waals surface area contributed by atoms with Crippen LogP contribution in [0.2, 0.25) is 0 Å². The largest absolute Gasteiger partial charge is 0.497 e. The Bertz CT molecular complexity index is 851. The van der Waals surface area contributed by atoms with E-state index in [4.69, 9.17) is 20.6 Å². The van der Waals surface area contributed by atoms with E-state index < -0.39 is 0 Å². The van der Waals surface area contributed by atoms with Crippen LogP contribution in [-0.2, 0) is 6.54 Å². The first-order chi connectivity index (χ1) is 12.1. The zero-order valence-electron chi connectivity index (χ0n) is 14.3. The number of benzene rings is 2. The number of fused-ring (bicyclic) bond motifs is 1. The molecule has 0 amide bonds. The van der Waals surface area contributed by atoms with E-state index in [1.54, 1.807) is 14.2 Å². The van der Waals surface area contributed by atoms with Gasteiger partial charge in [0.2, 0.25) is 0 Å². The van der Waals surface area contributed by atoms with Crippen LogP contribution in [0.25, 0.3) is 10.9 Å². The molecule has 0 aliphatic heterocycles. The predicted molar refractivity (Wildman–Crippen MR) is 100.0 cm³/mol. The van der Waals surface area contributed by atoms with Crippen LogP contribution < -0.4 is 26.9 Å². The van der Waals surface area contributed by atoms with Gasteiger partial charge in [0.25, 0.3) is 0 Å². The topological polar surface area (TPSA) is 125 Å². The Morgan fingerprint density at radius 2 is 1.64 bits per heavy atom. The van der Waals surface area contributed by atoms with Crippen molar-refractivity contribution in [1.82, 2.24) is 4.57 Å². The highest BCUT2D eigenvalue weighted by Crippen LogP contribution is 2.25. The number of amidine groups is 1. The second kappa shape index (κ2) is 8.18. The Balaban J connectivity index is 0.00000109. The highest BCUT2D eigenvalue weighted by atomic mass is 16.5. The van der Waals surface area contributed by atoms with Gasteiger partial charge in [0.05, 0.1) is 14.2 Å². The second-order valence-electron chi connectivity index (χ2n) is 5.35. The predicted octanol–water partition coefficient (Wildman–Crippen LogP) is 1.81. The number of nitrogen functional groups attached to an aromatic ring is 1. The number of aromatic nitrogens is 1. The van der Waals surface area contributed by atoms with E-state index in [2.05, 4.69) is 16.3 Å². The summed E-state index contributed by atoms with van der Waals surface area (Å²) < 4.78 is 12.8. The molecule has 132 valence electrons. The first-order valence-electron chi connectivity index (χ1n) is 7.59. The van der Waals surface area contributed by atoms with Gasteiger partial charge in [-0.3, -0.25) is 17.1 Å². The van der Waals surface area contributed by atoms with Gasteiger partial charge in [-0.05, 0) is 42.0 Å². The molecule has 0 saturated carbocycles. The number of hydrogen-bond donors (Lipinski definition) is 4. The number of hydrazine groups is 1. The molecule has 0 fully saturated rings. The molecule has 1 heterocycles. The molecule has 3 aromatic rings. The summed E-state index contributed by atoms with van der Waals surface area (Å²) in [6, 6.07) is 13.7. The van der Waals surface area contributed by atoms with Gasteiger partial charge in [-0.25, -0.2) is 0 Å². The van der Waals surface area contributed by atoms with Crippen molar-refractivity contribution in [1.29, 1.82) is 5.41 Å². The summed E-state index contributed by atoms with van der Waals surface area (Å²) in [5.41, 5.74) is 8.47. The van der Waals surface area contributed by atoms with Gasteiger partial charge in [-0.2, -0.15) is 0 Å². The SMILES string of the molecule is COc1cc(Cn2ccc3cc(C(=N)N)ccc32)cc(OC)c1.NN. The third-order valence-electron chi connectivity index (χ3n) is 3.85. The maximum absolute atomic E-state index is 7.53. The maximum Gasteiger partial charge on any atom is 0.122 e. The average Bonchev–Trinajstić information content (AvgIpc) is 3.05. The molecule has 0 radical (unpaired) electrons. The molecular weight excluding hydrogens is 318 g/mol. The van der Waals surface area contributed by atoms with Crippen molar-refractivity contribution in [3.8, 4) is 11.5 Å². The summed E-state index contributed by atoms with van der Waals surface area (Å²) in [5.74, 6) is 9.63. The fourth-order valence-corrected chi connectivity index (χ4v) is 2.66. The molecule has 0 aliphatic carbocycles. The molecule has 0 saturated heterocycles. The Morgan fingerprint density at radius 3 is 2.20 bits per heavy atom. The van der Waals surface area contributed by atoms with E-state index in [-0.39, 0.29) is 5.84 Å². The monoisotopic (exact) mass is 341 g/mol. The molecule has 3 rings (SSSR count). The van der Waals surface area contributed by atoms with Gasteiger partial charge in [0, 0.05) is 35.3 Å². The van der Waals surface area contributed by atoms with Crippen LogP contribution in [-0.4, -0.2) is 24.6 Å². The average molecular weight is 341 g/mol. The van der Waals surface area contributed by atoms with Gasteiger partial charge in [0.1, 0.15) is 17.3 Å².